The van der Waals surface area contributed by atoms with Crippen molar-refractivity contribution in [2.75, 3.05) is 17.2 Å². The first-order valence-electron chi connectivity index (χ1n) is 10.1. The molecule has 4 rings (SSSR count). The molecule has 0 fully saturated rings. The summed E-state index contributed by atoms with van der Waals surface area (Å²) in [5, 5.41) is 0.787. The summed E-state index contributed by atoms with van der Waals surface area (Å²) < 4.78 is 3.17. The van der Waals surface area contributed by atoms with Crippen LogP contribution in [0.15, 0.2) is 72.1 Å². The quantitative estimate of drug-likeness (QED) is 0.293. The molecule has 2 aromatic carbocycles. The largest absolute Gasteiger partial charge is 0.337 e. The fraction of sp³-hybridized carbons (Fsp3) is 0.261. The number of halogens is 1. The molecule has 8 heteroatoms. The fourth-order valence-electron chi connectivity index (χ4n) is 3.29. The summed E-state index contributed by atoms with van der Waals surface area (Å²) in [7, 11) is 0. The number of thiazole rings is 1. The Morgan fingerprint density at radius 3 is 2.74 bits per heavy atom. The van der Waals surface area contributed by atoms with Crippen molar-refractivity contribution in [2.24, 2.45) is 0 Å². The van der Waals surface area contributed by atoms with Gasteiger partial charge in [-0.15, -0.1) is 24.2 Å². The number of fused-ring (bicyclic) bond motifs is 1. The van der Waals surface area contributed by atoms with E-state index in [-0.39, 0.29) is 18.3 Å². The molecule has 0 aliphatic rings. The van der Waals surface area contributed by atoms with E-state index in [0.29, 0.717) is 12.3 Å². The minimum absolute atomic E-state index is 0. The number of hydrogen-bond donors (Lipinski definition) is 0. The van der Waals surface area contributed by atoms with Gasteiger partial charge >= 0.3 is 0 Å². The molecule has 0 bridgehead atoms. The maximum absolute atomic E-state index is 13.2. The number of amides is 1. The Kier molecular flexibility index (Phi) is 8.51. The summed E-state index contributed by atoms with van der Waals surface area (Å²) in [6.45, 7) is 3.59. The molecule has 162 valence electrons. The van der Waals surface area contributed by atoms with Crippen LogP contribution in [0.1, 0.15) is 18.9 Å². The lowest BCUT2D eigenvalue weighted by Gasteiger charge is -2.20. The lowest BCUT2D eigenvalue weighted by Crippen LogP contribution is -2.33. The van der Waals surface area contributed by atoms with E-state index in [1.165, 1.54) is 5.56 Å². The molecule has 0 unspecified atom stereocenters. The minimum Gasteiger partial charge on any atom is -0.337 e. The number of benzene rings is 2. The van der Waals surface area contributed by atoms with Crippen molar-refractivity contribution in [2.45, 2.75) is 31.2 Å². The van der Waals surface area contributed by atoms with Crippen molar-refractivity contribution >= 4 is 56.8 Å². The van der Waals surface area contributed by atoms with Crippen molar-refractivity contribution in [3.63, 3.8) is 0 Å². The maximum atomic E-state index is 13.2. The summed E-state index contributed by atoms with van der Waals surface area (Å²) in [6, 6.07) is 16.3. The number of imidazole rings is 1. The highest BCUT2D eigenvalue weighted by atomic mass is 35.5. The molecule has 1 amide bonds. The van der Waals surface area contributed by atoms with E-state index in [4.69, 9.17) is 4.98 Å². The van der Waals surface area contributed by atoms with E-state index in [1.807, 2.05) is 52.3 Å². The number of nitrogens with zero attached hydrogens (tertiary/aromatic N) is 4. The summed E-state index contributed by atoms with van der Waals surface area (Å²) in [5.41, 5.74) is 2.24. The van der Waals surface area contributed by atoms with E-state index < -0.39 is 0 Å². The smallest absolute Gasteiger partial charge is 0.239 e. The molecule has 0 aliphatic heterocycles. The van der Waals surface area contributed by atoms with E-state index in [2.05, 4.69) is 30.1 Å². The second-order valence-electron chi connectivity index (χ2n) is 6.92. The van der Waals surface area contributed by atoms with Crippen LogP contribution in [0.4, 0.5) is 5.13 Å². The van der Waals surface area contributed by atoms with Gasteiger partial charge in [-0.3, -0.25) is 9.69 Å². The Bertz CT molecular complexity index is 1100. The fourth-order valence-corrected chi connectivity index (χ4v) is 5.14. The topological polar surface area (TPSA) is 51.0 Å². The van der Waals surface area contributed by atoms with Gasteiger partial charge in [-0.05, 0) is 36.6 Å². The van der Waals surface area contributed by atoms with Crippen molar-refractivity contribution in [3.8, 4) is 0 Å². The predicted octanol–water partition coefficient (Wildman–Crippen LogP) is 5.69. The van der Waals surface area contributed by atoms with Gasteiger partial charge in [0.25, 0.3) is 0 Å². The number of carbonyl (C=O) groups is 1. The van der Waals surface area contributed by atoms with Crippen molar-refractivity contribution in [1.82, 2.24) is 14.5 Å². The van der Waals surface area contributed by atoms with Crippen molar-refractivity contribution < 1.29 is 4.79 Å². The van der Waals surface area contributed by atoms with Crippen LogP contribution in [0.25, 0.3) is 10.2 Å². The zero-order chi connectivity index (χ0) is 20.8. The lowest BCUT2D eigenvalue weighted by atomic mass is 10.1. The van der Waals surface area contributed by atoms with Gasteiger partial charge in [-0.1, -0.05) is 48.6 Å². The van der Waals surface area contributed by atoms with Crippen LogP contribution in [0.5, 0.6) is 0 Å². The Labute approximate surface area is 196 Å². The monoisotopic (exact) mass is 472 g/mol. The van der Waals surface area contributed by atoms with Gasteiger partial charge < -0.3 is 4.57 Å². The molecule has 2 heterocycles. The maximum Gasteiger partial charge on any atom is 0.239 e. The molecular weight excluding hydrogens is 448 g/mol. The first-order valence-corrected chi connectivity index (χ1v) is 11.9. The van der Waals surface area contributed by atoms with Gasteiger partial charge in [0, 0.05) is 30.4 Å². The Morgan fingerprint density at radius 2 is 2.00 bits per heavy atom. The van der Waals surface area contributed by atoms with Gasteiger partial charge in [0.2, 0.25) is 5.91 Å². The number of aryl methyl sites for hydroxylation is 2. The number of thioether (sulfide) groups is 1. The molecule has 31 heavy (non-hydrogen) atoms. The van der Waals surface area contributed by atoms with Gasteiger partial charge in [0.15, 0.2) is 5.13 Å². The average molecular weight is 473 g/mol. The molecule has 0 atom stereocenters. The number of aromatic nitrogens is 3. The highest BCUT2D eigenvalue weighted by Crippen LogP contribution is 2.32. The first-order chi connectivity index (χ1) is 14.7. The van der Waals surface area contributed by atoms with Crippen LogP contribution in [0.2, 0.25) is 0 Å². The van der Waals surface area contributed by atoms with Crippen LogP contribution in [-0.4, -0.2) is 32.7 Å². The van der Waals surface area contributed by atoms with Crippen LogP contribution in [-0.2, 0) is 17.8 Å². The number of para-hydroxylation sites is 1. The molecule has 4 aromatic rings. The van der Waals surface area contributed by atoms with Gasteiger partial charge in [0.05, 0.1) is 22.3 Å². The van der Waals surface area contributed by atoms with Gasteiger partial charge in [0.1, 0.15) is 0 Å². The Morgan fingerprint density at radius 1 is 1.16 bits per heavy atom. The molecule has 2 aromatic heterocycles. The molecular formula is C23H25ClN4OS2. The number of anilines is 1. The predicted molar refractivity (Wildman–Crippen MR) is 133 cm³/mol. The zero-order valence-electron chi connectivity index (χ0n) is 17.3. The number of hydrogen-bond acceptors (Lipinski definition) is 5. The minimum atomic E-state index is 0. The van der Waals surface area contributed by atoms with Crippen LogP contribution in [0, 0.1) is 0 Å². The van der Waals surface area contributed by atoms with Crippen LogP contribution < -0.4 is 4.90 Å². The van der Waals surface area contributed by atoms with Gasteiger partial charge in [-0.2, -0.15) is 0 Å². The van der Waals surface area contributed by atoms with E-state index >= 15 is 0 Å². The summed E-state index contributed by atoms with van der Waals surface area (Å²) in [6.07, 6.45) is 7.30. The molecule has 0 saturated heterocycles. The molecule has 0 saturated carbocycles. The van der Waals surface area contributed by atoms with Crippen molar-refractivity contribution in [3.05, 3.63) is 72.8 Å². The molecule has 5 nitrogen and oxygen atoms in total. The summed E-state index contributed by atoms with van der Waals surface area (Å²) in [5.74, 6) is 0.484. The normalized spacial score (nSPS) is 10.7. The standard InChI is InChI=1S/C23H24N4OS2.ClH/c1-2-18-8-6-11-20-22(18)25-23(30-20)27(14-7-13-26-15-12-24-17-26)21(28)16-29-19-9-4-3-5-10-19;/h3-6,8-12,15,17H,2,7,13-14,16H2,1H3;1H. The van der Waals surface area contributed by atoms with E-state index in [1.54, 1.807) is 29.3 Å². The van der Waals surface area contributed by atoms with Crippen LogP contribution >= 0.6 is 35.5 Å². The van der Waals surface area contributed by atoms with E-state index in [9.17, 15) is 4.79 Å². The molecule has 0 N–H and O–H groups in total. The Hall–Kier alpha value is -2.35. The average Bonchev–Trinajstić information content (AvgIpc) is 3.45. The lowest BCUT2D eigenvalue weighted by molar-refractivity contribution is -0.116. The highest BCUT2D eigenvalue weighted by molar-refractivity contribution is 8.00. The molecule has 0 spiro atoms. The third-order valence-electron chi connectivity index (χ3n) is 4.87. The third kappa shape index (κ3) is 5.87. The highest BCUT2D eigenvalue weighted by Gasteiger charge is 2.20. The first kappa shape index (κ1) is 23.3. The number of rotatable bonds is 9. The SMILES string of the molecule is CCc1cccc2sc(N(CCCn3ccnc3)C(=O)CSc3ccccc3)nc12.Cl. The summed E-state index contributed by atoms with van der Waals surface area (Å²) >= 11 is 3.17. The zero-order valence-corrected chi connectivity index (χ0v) is 19.8. The van der Waals surface area contributed by atoms with Crippen LogP contribution in [0.3, 0.4) is 0 Å². The second kappa shape index (κ2) is 11.3. The molecule has 0 radical (unpaired) electrons. The summed E-state index contributed by atoms with van der Waals surface area (Å²) in [4.78, 5) is 25.1. The molecule has 0 aliphatic carbocycles. The van der Waals surface area contributed by atoms with Crippen molar-refractivity contribution in [1.29, 1.82) is 0 Å². The Balaban J connectivity index is 0.00000272. The third-order valence-corrected chi connectivity index (χ3v) is 6.91. The van der Waals surface area contributed by atoms with Gasteiger partial charge in [-0.25, -0.2) is 9.97 Å². The second-order valence-corrected chi connectivity index (χ2v) is 8.97. The van der Waals surface area contributed by atoms with E-state index in [0.717, 1.165) is 39.6 Å². The number of carbonyl (C=O) groups excluding carboxylic acids is 1.